The number of ether oxygens (including phenoxy) is 2. The molecule has 0 rings (SSSR count). The highest BCUT2D eigenvalue weighted by Gasteiger charge is 2.15. The lowest BCUT2D eigenvalue weighted by Crippen LogP contribution is -2.28. The Hall–Kier alpha value is -2.92. The number of allylic oxidation sites excluding steroid dienone is 14. The Labute approximate surface area is 282 Å². The van der Waals surface area contributed by atoms with Crippen molar-refractivity contribution < 1.29 is 24.2 Å². The summed E-state index contributed by atoms with van der Waals surface area (Å²) in [5.74, 6) is -0.709. The fourth-order valence-electron chi connectivity index (χ4n) is 4.45. The van der Waals surface area contributed by atoms with Gasteiger partial charge in [0.1, 0.15) is 6.61 Å². The van der Waals surface area contributed by atoms with E-state index >= 15 is 0 Å². The molecule has 0 aliphatic rings. The minimum absolute atomic E-state index is 0.114. The topological polar surface area (TPSA) is 72.8 Å². The van der Waals surface area contributed by atoms with Gasteiger partial charge in [0, 0.05) is 12.8 Å². The number of carbonyl (C=O) groups excluding carboxylic acids is 2. The molecule has 46 heavy (non-hydrogen) atoms. The molecule has 5 heteroatoms. The first kappa shape index (κ1) is 43.1. The highest BCUT2D eigenvalue weighted by molar-refractivity contribution is 5.70. The van der Waals surface area contributed by atoms with Crippen molar-refractivity contribution in [2.24, 2.45) is 0 Å². The van der Waals surface area contributed by atoms with Gasteiger partial charge < -0.3 is 14.6 Å². The van der Waals surface area contributed by atoms with E-state index in [1.165, 1.54) is 44.9 Å². The first-order chi connectivity index (χ1) is 22.6. The molecule has 0 aromatic carbocycles. The van der Waals surface area contributed by atoms with E-state index in [4.69, 9.17) is 9.47 Å². The van der Waals surface area contributed by atoms with Crippen LogP contribution in [0.3, 0.4) is 0 Å². The molecule has 0 saturated heterocycles. The molecule has 5 nitrogen and oxygen atoms in total. The van der Waals surface area contributed by atoms with Crippen molar-refractivity contribution in [3.63, 3.8) is 0 Å². The molecule has 0 saturated carbocycles. The number of unbranched alkanes of at least 4 members (excludes halogenated alkanes) is 9. The first-order valence-electron chi connectivity index (χ1n) is 18.1. The van der Waals surface area contributed by atoms with Crippen molar-refractivity contribution >= 4 is 11.9 Å². The summed E-state index contributed by atoms with van der Waals surface area (Å²) < 4.78 is 10.5. The number of carbonyl (C=O) groups is 2. The summed E-state index contributed by atoms with van der Waals surface area (Å²) in [6.07, 6.45) is 49.3. The van der Waals surface area contributed by atoms with Crippen LogP contribution in [-0.2, 0) is 19.1 Å². The molecule has 260 valence electrons. The van der Waals surface area contributed by atoms with E-state index in [2.05, 4.69) is 86.8 Å². The monoisotopic (exact) mass is 638 g/mol. The number of rotatable bonds is 31. The smallest absolute Gasteiger partial charge is 0.306 e. The van der Waals surface area contributed by atoms with Crippen molar-refractivity contribution in [1.82, 2.24) is 0 Å². The highest BCUT2D eigenvalue weighted by Crippen LogP contribution is 2.10. The van der Waals surface area contributed by atoms with Crippen LogP contribution in [0.5, 0.6) is 0 Å². The van der Waals surface area contributed by atoms with Crippen LogP contribution in [-0.4, -0.2) is 36.4 Å². The number of hydrogen-bond donors (Lipinski definition) is 1. The first-order valence-corrected chi connectivity index (χ1v) is 18.1. The van der Waals surface area contributed by atoms with Gasteiger partial charge in [-0.1, -0.05) is 137 Å². The zero-order chi connectivity index (χ0) is 33.6. The summed E-state index contributed by atoms with van der Waals surface area (Å²) >= 11 is 0. The minimum atomic E-state index is -0.809. The summed E-state index contributed by atoms with van der Waals surface area (Å²) in [5.41, 5.74) is 0. The van der Waals surface area contributed by atoms with Crippen molar-refractivity contribution in [3.05, 3.63) is 85.1 Å². The number of aliphatic hydroxyl groups is 1. The van der Waals surface area contributed by atoms with Crippen molar-refractivity contribution in [2.75, 3.05) is 13.2 Å². The van der Waals surface area contributed by atoms with Gasteiger partial charge in [0.05, 0.1) is 6.61 Å². The normalized spacial score (nSPS) is 13.2. The summed E-state index contributed by atoms with van der Waals surface area (Å²) in [5, 5.41) is 9.51. The molecule has 1 atom stereocenters. The van der Waals surface area contributed by atoms with Crippen LogP contribution in [0.15, 0.2) is 85.1 Å². The SMILES string of the molecule is CCC=CCC=CCC=CCC=CCC=CCC=CCCC(=O)OCC(CO)OC(=O)CCCCCCCC=CCCCCCC. The van der Waals surface area contributed by atoms with E-state index in [1.807, 2.05) is 12.2 Å². The quantitative estimate of drug-likeness (QED) is 0.0465. The molecule has 0 spiro atoms. The van der Waals surface area contributed by atoms with Gasteiger partial charge >= 0.3 is 11.9 Å². The van der Waals surface area contributed by atoms with Crippen molar-refractivity contribution in [2.45, 2.75) is 148 Å². The average molecular weight is 639 g/mol. The second-order valence-electron chi connectivity index (χ2n) is 11.6. The molecule has 0 bridgehead atoms. The standard InChI is InChI=1S/C41H66O5/c1-3-5-7-9-11-13-15-17-18-19-20-21-22-24-25-27-29-31-33-35-40(43)45-38-39(37-42)46-41(44)36-34-32-30-28-26-23-16-14-12-10-8-6-4-2/h5,7,11,13-14,16-18,20-21,24-25,29,31,39,42H,3-4,6,8-10,12,15,19,22-23,26-28,30,32-38H2,1-2H3. The molecule has 1 N–H and O–H groups in total. The minimum Gasteiger partial charge on any atom is -0.462 e. The number of hydrogen-bond acceptors (Lipinski definition) is 5. The van der Waals surface area contributed by atoms with Gasteiger partial charge in [0.15, 0.2) is 6.10 Å². The maximum Gasteiger partial charge on any atom is 0.306 e. The Bertz CT molecular complexity index is 906. The van der Waals surface area contributed by atoms with E-state index in [1.54, 1.807) is 0 Å². The summed E-state index contributed by atoms with van der Waals surface area (Å²) in [4.78, 5) is 24.1. The number of aliphatic hydroxyl groups excluding tert-OH is 1. The summed E-state index contributed by atoms with van der Waals surface area (Å²) in [6, 6.07) is 0. The van der Waals surface area contributed by atoms with E-state index in [0.717, 1.165) is 64.2 Å². The van der Waals surface area contributed by atoms with Crippen LogP contribution in [0.4, 0.5) is 0 Å². The molecule has 0 aliphatic carbocycles. The third-order valence-electron chi connectivity index (χ3n) is 7.19. The number of esters is 2. The predicted molar refractivity (Wildman–Crippen MR) is 196 cm³/mol. The second kappa shape index (κ2) is 36.5. The van der Waals surface area contributed by atoms with Gasteiger partial charge in [-0.2, -0.15) is 0 Å². The molecule has 1 unspecified atom stereocenters. The van der Waals surface area contributed by atoms with Crippen LogP contribution in [0.25, 0.3) is 0 Å². The van der Waals surface area contributed by atoms with Gasteiger partial charge in [-0.15, -0.1) is 0 Å². The Morgan fingerprint density at radius 3 is 1.50 bits per heavy atom. The average Bonchev–Trinajstić information content (AvgIpc) is 3.06. The summed E-state index contributed by atoms with van der Waals surface area (Å²) in [7, 11) is 0. The molecular weight excluding hydrogens is 572 g/mol. The fraction of sp³-hybridized carbons (Fsp3) is 0.610. The molecule has 0 radical (unpaired) electrons. The van der Waals surface area contributed by atoms with Gasteiger partial charge in [0.2, 0.25) is 0 Å². The predicted octanol–water partition coefficient (Wildman–Crippen LogP) is 11.2. The largest absolute Gasteiger partial charge is 0.462 e. The third kappa shape index (κ3) is 34.0. The fourth-order valence-corrected chi connectivity index (χ4v) is 4.45. The van der Waals surface area contributed by atoms with Crippen LogP contribution in [0.2, 0.25) is 0 Å². The molecule has 0 aliphatic heterocycles. The molecular formula is C41H66O5. The third-order valence-corrected chi connectivity index (χ3v) is 7.19. The van der Waals surface area contributed by atoms with Crippen LogP contribution < -0.4 is 0 Å². The molecule has 0 aromatic heterocycles. The van der Waals surface area contributed by atoms with E-state index in [-0.39, 0.29) is 31.6 Å². The molecule has 0 fully saturated rings. The van der Waals surface area contributed by atoms with Gasteiger partial charge in [-0.3, -0.25) is 9.59 Å². The van der Waals surface area contributed by atoms with Crippen molar-refractivity contribution in [1.29, 1.82) is 0 Å². The maximum atomic E-state index is 12.1. The van der Waals surface area contributed by atoms with Crippen molar-refractivity contribution in [3.8, 4) is 0 Å². The van der Waals surface area contributed by atoms with E-state index in [9.17, 15) is 14.7 Å². The van der Waals surface area contributed by atoms with Gasteiger partial charge in [-0.25, -0.2) is 0 Å². The van der Waals surface area contributed by atoms with E-state index < -0.39 is 6.10 Å². The molecule has 0 amide bonds. The van der Waals surface area contributed by atoms with Crippen LogP contribution in [0, 0.1) is 0 Å². The lowest BCUT2D eigenvalue weighted by Gasteiger charge is -2.15. The molecule has 0 aromatic rings. The lowest BCUT2D eigenvalue weighted by atomic mass is 10.1. The lowest BCUT2D eigenvalue weighted by molar-refractivity contribution is -0.161. The zero-order valence-electron chi connectivity index (χ0n) is 29.3. The van der Waals surface area contributed by atoms with Crippen LogP contribution >= 0.6 is 0 Å². The highest BCUT2D eigenvalue weighted by atomic mass is 16.6. The Kier molecular flexibility index (Phi) is 34.2. The maximum absolute atomic E-state index is 12.1. The van der Waals surface area contributed by atoms with E-state index in [0.29, 0.717) is 12.8 Å². The Balaban J connectivity index is 3.76. The Morgan fingerprint density at radius 1 is 0.522 bits per heavy atom. The van der Waals surface area contributed by atoms with Gasteiger partial charge in [-0.05, 0) is 77.0 Å². The second-order valence-corrected chi connectivity index (χ2v) is 11.6. The molecule has 0 heterocycles. The van der Waals surface area contributed by atoms with Gasteiger partial charge in [0.25, 0.3) is 0 Å². The van der Waals surface area contributed by atoms with Crippen LogP contribution in [0.1, 0.15) is 142 Å². The summed E-state index contributed by atoms with van der Waals surface area (Å²) in [6.45, 7) is 3.91. The Morgan fingerprint density at radius 2 is 0.978 bits per heavy atom. The zero-order valence-corrected chi connectivity index (χ0v) is 29.3.